The number of hydrogen-bond donors (Lipinski definition) is 4. The summed E-state index contributed by atoms with van der Waals surface area (Å²) in [4.78, 5) is 94.4. The van der Waals surface area contributed by atoms with Crippen LogP contribution < -0.4 is 11.5 Å². The van der Waals surface area contributed by atoms with E-state index in [1.807, 2.05) is 0 Å². The molecule has 0 bridgehead atoms. The number of carbonyl (C=O) groups is 5. The zero-order chi connectivity index (χ0) is 41.1. The average Bonchev–Trinajstić information content (AvgIpc) is 3.76. The van der Waals surface area contributed by atoms with Crippen LogP contribution in [0.3, 0.4) is 0 Å². The molecule has 0 aliphatic carbocycles. The first-order valence-electron chi connectivity index (χ1n) is 16.3. The average molecular weight is 834 g/mol. The first-order chi connectivity index (χ1) is 26.2. The third-order valence-electron chi connectivity index (χ3n) is 7.98. The van der Waals surface area contributed by atoms with Gasteiger partial charge in [-0.15, -0.1) is 0 Å². The van der Waals surface area contributed by atoms with Crippen LogP contribution in [0.4, 0.5) is 5.82 Å². The van der Waals surface area contributed by atoms with Gasteiger partial charge in [0.15, 0.2) is 48.3 Å². The summed E-state index contributed by atoms with van der Waals surface area (Å²) in [6, 6.07) is 0. The largest absolute Gasteiger partial charge is 0.481 e. The number of nitrogens with zero attached hydrogens (tertiary/aromatic N) is 5. The summed E-state index contributed by atoms with van der Waals surface area (Å²) in [5, 5.41) is 0. The van der Waals surface area contributed by atoms with Crippen LogP contribution in [0, 0.1) is 0 Å². The maximum atomic E-state index is 13.0. The minimum absolute atomic E-state index is 0.00162. The first-order valence-corrected chi connectivity index (χ1v) is 19.3. The number of imidazole rings is 1. The van der Waals surface area contributed by atoms with Gasteiger partial charge in [-0.05, 0) is 6.42 Å². The van der Waals surface area contributed by atoms with E-state index in [4.69, 9.17) is 48.9 Å². The van der Waals surface area contributed by atoms with Crippen molar-refractivity contribution in [1.29, 1.82) is 0 Å². The highest BCUT2D eigenvalue weighted by Crippen LogP contribution is 2.61. The van der Waals surface area contributed by atoms with Crippen LogP contribution in [0.2, 0.25) is 0 Å². The smallest absolute Gasteiger partial charge is 0.456 e. The summed E-state index contributed by atoms with van der Waals surface area (Å²) in [6.45, 7) is 2.24. The quantitative estimate of drug-likeness (QED) is 0.101. The molecule has 2 fully saturated rings. The number of nitrogen functional groups attached to an aromatic ring is 1. The molecule has 2 aromatic heterocycles. The molecular weight excluding hydrogens is 796 g/mol. The van der Waals surface area contributed by atoms with E-state index in [0.717, 1.165) is 34.0 Å². The zero-order valence-electron chi connectivity index (χ0n) is 29.8. The highest BCUT2D eigenvalue weighted by atomic mass is 31.3. The fourth-order valence-corrected chi connectivity index (χ4v) is 8.01. The third-order valence-corrected chi connectivity index (χ3v) is 10.6. The molecule has 0 aromatic carbocycles. The zero-order valence-corrected chi connectivity index (χ0v) is 31.6. The summed E-state index contributed by atoms with van der Waals surface area (Å²) in [7, 11) is -11.1. The van der Waals surface area contributed by atoms with Crippen molar-refractivity contribution >= 4 is 62.4 Å². The minimum atomic E-state index is -5.57. The lowest BCUT2D eigenvalue weighted by Crippen LogP contribution is -2.44. The summed E-state index contributed by atoms with van der Waals surface area (Å²) in [6.07, 6.45) is -4.58. The number of allylic oxidation sites excluding steroid dienone is 1. The van der Waals surface area contributed by atoms with Crippen LogP contribution >= 0.6 is 15.6 Å². The van der Waals surface area contributed by atoms with E-state index in [1.165, 1.54) is 28.2 Å². The molecule has 27 heteroatoms. The number of ether oxygens (including phenoxy) is 6. The van der Waals surface area contributed by atoms with E-state index in [2.05, 4.69) is 19.3 Å². The van der Waals surface area contributed by atoms with E-state index in [9.17, 15) is 42.9 Å². The van der Waals surface area contributed by atoms with Crippen LogP contribution in [0.5, 0.6) is 0 Å². The van der Waals surface area contributed by atoms with E-state index in [0.29, 0.717) is 0 Å². The number of carbonyl (C=O) groups excluding carboxylic acids is 5. The van der Waals surface area contributed by atoms with Crippen molar-refractivity contribution in [1.82, 2.24) is 24.4 Å². The number of phosphoric acid groups is 2. The van der Waals surface area contributed by atoms with Gasteiger partial charge in [0.05, 0.1) is 19.5 Å². The molecule has 0 spiro atoms. The second-order valence-electron chi connectivity index (χ2n) is 12.2. The molecule has 0 saturated carbocycles. The molecule has 10 atom stereocenters. The van der Waals surface area contributed by atoms with E-state index in [-0.39, 0.29) is 29.0 Å². The fourth-order valence-electron chi connectivity index (χ4n) is 5.92. The molecule has 0 radical (unpaired) electrons. The molecule has 6 unspecified atom stereocenters. The van der Waals surface area contributed by atoms with Gasteiger partial charge in [-0.25, -0.2) is 24.1 Å². The molecular formula is C29H37N7O18P2. The maximum absolute atomic E-state index is 13.0. The predicted octanol–water partition coefficient (Wildman–Crippen LogP) is -0.403. The highest BCUT2D eigenvalue weighted by Gasteiger charge is 2.54. The van der Waals surface area contributed by atoms with Gasteiger partial charge in [-0.1, -0.05) is 6.08 Å². The molecule has 3 aliphatic heterocycles. The minimum Gasteiger partial charge on any atom is -0.456 e. The number of fused-ring (bicyclic) bond motifs is 1. The normalized spacial score (nSPS) is 28.2. The van der Waals surface area contributed by atoms with E-state index in [1.54, 1.807) is 6.08 Å². The Bertz CT molecular complexity index is 2030. The Morgan fingerprint density at radius 2 is 1.30 bits per heavy atom. The van der Waals surface area contributed by atoms with E-state index >= 15 is 0 Å². The van der Waals surface area contributed by atoms with Crippen molar-refractivity contribution in [3.63, 3.8) is 0 Å². The van der Waals surface area contributed by atoms with Gasteiger partial charge in [-0.2, -0.15) is 4.31 Å². The van der Waals surface area contributed by atoms with Gasteiger partial charge in [0.2, 0.25) is 5.91 Å². The second kappa shape index (κ2) is 17.1. The highest BCUT2D eigenvalue weighted by molar-refractivity contribution is 7.61. The summed E-state index contributed by atoms with van der Waals surface area (Å²) < 4.78 is 74.9. The number of rotatable bonds is 15. The Kier molecular flexibility index (Phi) is 12.9. The van der Waals surface area contributed by atoms with Crippen molar-refractivity contribution in [2.24, 2.45) is 5.73 Å². The predicted molar refractivity (Wildman–Crippen MR) is 180 cm³/mol. The van der Waals surface area contributed by atoms with Crippen molar-refractivity contribution in [3.8, 4) is 0 Å². The molecule has 2 aromatic rings. The maximum Gasteiger partial charge on any atom is 0.481 e. The molecule has 6 N–H and O–H groups in total. The van der Waals surface area contributed by atoms with Gasteiger partial charge in [0.25, 0.3) is 0 Å². The molecule has 1 amide bonds. The van der Waals surface area contributed by atoms with Gasteiger partial charge < -0.3 is 54.6 Å². The number of nitrogens with two attached hydrogens (primary N) is 2. The molecule has 25 nitrogen and oxygen atoms in total. The second-order valence-corrected chi connectivity index (χ2v) is 15.2. The number of esters is 4. The topological polar surface area (TPSA) is 342 Å². The number of anilines is 1. The Hall–Kier alpha value is -4.84. The van der Waals surface area contributed by atoms with Crippen molar-refractivity contribution < 1.29 is 84.7 Å². The number of hydrogen-bond acceptors (Lipinski definition) is 21. The van der Waals surface area contributed by atoms with Gasteiger partial charge >= 0.3 is 39.5 Å². The summed E-state index contributed by atoms with van der Waals surface area (Å²) in [5.74, 6) is -4.17. The Balaban J connectivity index is 1.30. The lowest BCUT2D eigenvalue weighted by molar-refractivity contribution is -0.166. The van der Waals surface area contributed by atoms with Gasteiger partial charge in [0.1, 0.15) is 24.1 Å². The van der Waals surface area contributed by atoms with Crippen molar-refractivity contribution in [2.45, 2.75) is 83.2 Å². The van der Waals surface area contributed by atoms with Crippen molar-refractivity contribution in [3.05, 3.63) is 36.7 Å². The lowest BCUT2D eigenvalue weighted by Gasteiger charge is -2.30. The number of primary amides is 1. The molecule has 3 aliphatic rings. The molecule has 5 heterocycles. The van der Waals surface area contributed by atoms with Crippen LogP contribution in [-0.2, 0) is 74.9 Å². The van der Waals surface area contributed by atoms with Gasteiger partial charge in [-0.3, -0.25) is 37.6 Å². The van der Waals surface area contributed by atoms with Crippen molar-refractivity contribution in [2.75, 3.05) is 18.9 Å². The molecule has 5 rings (SSSR count). The third kappa shape index (κ3) is 10.1. The SMILES string of the molecule is CC(=O)OC1C(OC(C)=O)[C@@H](COP(=O)(O)OP(=O)(O)OC[C@H]2O[C@@H](n3cnc4c(N)ncnc43)C(OC(C)=O)C2OC(C)=O)O[C@H]1N1C=CCC(C(N)=O)=C1. The Labute approximate surface area is 316 Å². The van der Waals surface area contributed by atoms with Crippen LogP contribution in [0.25, 0.3) is 11.2 Å². The number of amides is 1. The van der Waals surface area contributed by atoms with Crippen LogP contribution in [0.1, 0.15) is 40.3 Å². The molecule has 306 valence electrons. The summed E-state index contributed by atoms with van der Waals surface area (Å²) in [5.41, 5.74) is 11.7. The lowest BCUT2D eigenvalue weighted by atomic mass is 10.1. The first kappa shape index (κ1) is 42.3. The fraction of sp³-hybridized carbons (Fsp3) is 0.517. The Morgan fingerprint density at radius 3 is 1.82 bits per heavy atom. The standard InChI is InChI=1S/C29H37N7O18P2/c1-13(37)48-21-18(52-28(23(21)50-15(3)39)35-7-5-6-17(8-35)26(31)41)9-46-55(42,43)54-56(44,45)47-10-19-22(49-14(2)38)24(51-16(4)40)29(53-19)36-12-34-20-25(30)32-11-33-27(20)36/h5,7-8,11-12,18-19,21-24,28-29H,6,9-10H2,1-4H3,(H2,31,41)(H,42,43)(H,44,45)(H2,30,32,33)/t18-,19-,21?,22?,23?,24?,28-,29-/m1/s1. The Morgan fingerprint density at radius 1 is 0.804 bits per heavy atom. The van der Waals surface area contributed by atoms with Crippen LogP contribution in [0.15, 0.2) is 36.7 Å². The summed E-state index contributed by atoms with van der Waals surface area (Å²) >= 11 is 0. The van der Waals surface area contributed by atoms with E-state index < -0.39 is 108 Å². The number of aromatic nitrogens is 4. The van der Waals surface area contributed by atoms with Crippen LogP contribution in [-0.4, -0.2) is 120 Å². The monoisotopic (exact) mass is 833 g/mol. The molecule has 2 saturated heterocycles. The van der Waals surface area contributed by atoms with Gasteiger partial charge in [0, 0.05) is 45.7 Å². The molecule has 56 heavy (non-hydrogen) atoms. The number of phosphoric ester groups is 2.